The molecule has 0 radical (unpaired) electrons. The molecular weight excluding hydrogens is 288 g/mol. The molecule has 0 atom stereocenters. The van der Waals surface area contributed by atoms with E-state index < -0.39 is 0 Å². The summed E-state index contributed by atoms with van der Waals surface area (Å²) in [7, 11) is 0. The highest BCUT2D eigenvalue weighted by molar-refractivity contribution is 5.79. The molecule has 126 valence electrons. The van der Waals surface area contributed by atoms with Crippen molar-refractivity contribution in [3.8, 4) is 0 Å². The minimum atomic E-state index is 0.296. The fourth-order valence-electron chi connectivity index (χ4n) is 2.74. The Morgan fingerprint density at radius 3 is 2.91 bits per heavy atom. The molecule has 0 unspecified atom stereocenters. The van der Waals surface area contributed by atoms with Crippen LogP contribution in [0.5, 0.6) is 0 Å². The zero-order valence-corrected chi connectivity index (χ0v) is 14.3. The van der Waals surface area contributed by atoms with Crippen LogP contribution in [0.3, 0.4) is 0 Å². The van der Waals surface area contributed by atoms with Gasteiger partial charge in [0.1, 0.15) is 0 Å². The summed E-state index contributed by atoms with van der Waals surface area (Å²) in [6, 6.07) is 8.41. The zero-order valence-electron chi connectivity index (χ0n) is 14.3. The van der Waals surface area contributed by atoms with Gasteiger partial charge in [-0.1, -0.05) is 29.8 Å². The Morgan fingerprint density at radius 2 is 2.22 bits per heavy atom. The van der Waals surface area contributed by atoms with Crippen molar-refractivity contribution in [2.75, 3.05) is 26.2 Å². The summed E-state index contributed by atoms with van der Waals surface area (Å²) in [5.41, 5.74) is 2.47. The first-order chi connectivity index (χ1) is 11.2. The van der Waals surface area contributed by atoms with Crippen molar-refractivity contribution in [3.05, 3.63) is 35.4 Å². The Bertz CT molecular complexity index is 542. The number of benzene rings is 1. The van der Waals surface area contributed by atoms with Crippen LogP contribution in [0.1, 0.15) is 37.3 Å². The van der Waals surface area contributed by atoms with Gasteiger partial charge in [0.25, 0.3) is 0 Å². The van der Waals surface area contributed by atoms with Crippen molar-refractivity contribution >= 4 is 11.9 Å². The van der Waals surface area contributed by atoms with E-state index in [4.69, 9.17) is 0 Å². The lowest BCUT2D eigenvalue weighted by Crippen LogP contribution is -2.39. The van der Waals surface area contributed by atoms with Gasteiger partial charge >= 0.3 is 0 Å². The molecule has 1 fully saturated rings. The summed E-state index contributed by atoms with van der Waals surface area (Å²) < 4.78 is 0. The molecule has 0 spiro atoms. The largest absolute Gasteiger partial charge is 0.357 e. The van der Waals surface area contributed by atoms with E-state index in [1.165, 1.54) is 11.1 Å². The van der Waals surface area contributed by atoms with E-state index in [1.54, 1.807) is 0 Å². The van der Waals surface area contributed by atoms with Crippen LogP contribution in [0.15, 0.2) is 29.3 Å². The van der Waals surface area contributed by atoms with Gasteiger partial charge in [0.05, 0.1) is 6.54 Å². The third-order valence-electron chi connectivity index (χ3n) is 3.92. The topological polar surface area (TPSA) is 56.7 Å². The van der Waals surface area contributed by atoms with Crippen molar-refractivity contribution < 1.29 is 4.79 Å². The molecule has 2 rings (SSSR count). The van der Waals surface area contributed by atoms with Gasteiger partial charge in [-0.2, -0.15) is 0 Å². The third kappa shape index (κ3) is 5.93. The number of hydrogen-bond donors (Lipinski definition) is 2. The first-order valence-electron chi connectivity index (χ1n) is 8.54. The molecule has 1 amide bonds. The van der Waals surface area contributed by atoms with Crippen LogP contribution in [0.2, 0.25) is 0 Å². The molecule has 0 aliphatic carbocycles. The Kier molecular flexibility index (Phi) is 6.91. The summed E-state index contributed by atoms with van der Waals surface area (Å²) in [4.78, 5) is 18.1. The molecule has 1 aromatic rings. The van der Waals surface area contributed by atoms with Crippen molar-refractivity contribution in [2.24, 2.45) is 4.99 Å². The van der Waals surface area contributed by atoms with Gasteiger partial charge < -0.3 is 15.5 Å². The monoisotopic (exact) mass is 316 g/mol. The summed E-state index contributed by atoms with van der Waals surface area (Å²) in [6.45, 7) is 8.24. The highest BCUT2D eigenvalue weighted by atomic mass is 16.2. The number of aliphatic imine (C=N–C) groups is 1. The maximum Gasteiger partial charge on any atom is 0.222 e. The number of aryl methyl sites for hydroxylation is 1. The van der Waals surface area contributed by atoms with Gasteiger partial charge in [-0.05, 0) is 32.3 Å². The number of carbonyl (C=O) groups is 1. The highest BCUT2D eigenvalue weighted by Gasteiger charge is 2.18. The van der Waals surface area contributed by atoms with Gasteiger partial charge in [-0.15, -0.1) is 0 Å². The fourth-order valence-corrected chi connectivity index (χ4v) is 2.74. The lowest BCUT2D eigenvalue weighted by atomic mass is 10.1. The number of carbonyl (C=O) groups excluding carboxylic acids is 1. The molecule has 0 bridgehead atoms. The number of nitrogens with zero attached hydrogens (tertiary/aromatic N) is 2. The average molecular weight is 316 g/mol. The molecular formula is C18H28N4O. The molecule has 1 heterocycles. The highest BCUT2D eigenvalue weighted by Crippen LogP contribution is 2.09. The van der Waals surface area contributed by atoms with Crippen LogP contribution in [0, 0.1) is 6.92 Å². The molecule has 5 nitrogen and oxygen atoms in total. The van der Waals surface area contributed by atoms with Crippen LogP contribution >= 0.6 is 0 Å². The SMILES string of the molecule is CCNC(=NCc1cccc(C)c1)NCCCN1CCCC1=O. The molecule has 0 aromatic heterocycles. The first-order valence-corrected chi connectivity index (χ1v) is 8.54. The minimum absolute atomic E-state index is 0.296. The van der Waals surface area contributed by atoms with Crippen molar-refractivity contribution in [2.45, 2.75) is 39.7 Å². The molecule has 1 aliphatic rings. The van der Waals surface area contributed by atoms with Crippen LogP contribution < -0.4 is 10.6 Å². The molecule has 1 saturated heterocycles. The Balaban J connectivity index is 1.76. The Labute approximate surface area is 139 Å². The summed E-state index contributed by atoms with van der Waals surface area (Å²) in [6.07, 6.45) is 2.67. The standard InChI is InChI=1S/C18H28N4O/c1-3-19-18(21-14-16-8-4-7-15(2)13-16)20-10-6-12-22-11-5-9-17(22)23/h4,7-8,13H,3,5-6,9-12,14H2,1-2H3,(H2,19,20,21). The van der Waals surface area contributed by atoms with E-state index in [1.807, 2.05) is 4.90 Å². The van der Waals surface area contributed by atoms with Gasteiger partial charge in [0.15, 0.2) is 5.96 Å². The first kappa shape index (κ1) is 17.3. The predicted octanol–water partition coefficient (Wildman–Crippen LogP) is 2.06. The van der Waals surface area contributed by atoms with E-state index in [-0.39, 0.29) is 0 Å². The van der Waals surface area contributed by atoms with Gasteiger partial charge in [-0.25, -0.2) is 4.99 Å². The summed E-state index contributed by atoms with van der Waals surface area (Å²) in [5.74, 6) is 1.13. The molecule has 1 aromatic carbocycles. The van der Waals surface area contributed by atoms with E-state index in [0.29, 0.717) is 18.9 Å². The Hall–Kier alpha value is -2.04. The maximum absolute atomic E-state index is 11.6. The van der Waals surface area contributed by atoms with Crippen LogP contribution in [-0.4, -0.2) is 42.9 Å². The number of hydrogen-bond acceptors (Lipinski definition) is 2. The second-order valence-electron chi connectivity index (χ2n) is 5.95. The van der Waals surface area contributed by atoms with Crippen LogP contribution in [0.25, 0.3) is 0 Å². The van der Waals surface area contributed by atoms with Gasteiger partial charge in [0.2, 0.25) is 5.91 Å². The Morgan fingerprint density at radius 1 is 1.35 bits per heavy atom. The molecule has 1 aliphatic heterocycles. The van der Waals surface area contributed by atoms with E-state index in [2.05, 4.69) is 53.7 Å². The molecule has 23 heavy (non-hydrogen) atoms. The molecule has 5 heteroatoms. The van der Waals surface area contributed by atoms with Crippen molar-refractivity contribution in [1.29, 1.82) is 0 Å². The number of guanidine groups is 1. The smallest absolute Gasteiger partial charge is 0.222 e. The molecule has 2 N–H and O–H groups in total. The number of rotatable bonds is 7. The molecule has 0 saturated carbocycles. The number of nitrogens with one attached hydrogen (secondary N) is 2. The van der Waals surface area contributed by atoms with Gasteiger partial charge in [0, 0.05) is 32.6 Å². The lowest BCUT2D eigenvalue weighted by molar-refractivity contribution is -0.127. The van der Waals surface area contributed by atoms with E-state index in [9.17, 15) is 4.79 Å². The lowest BCUT2D eigenvalue weighted by Gasteiger charge is -2.16. The second-order valence-corrected chi connectivity index (χ2v) is 5.95. The minimum Gasteiger partial charge on any atom is -0.357 e. The predicted molar refractivity (Wildman–Crippen MR) is 94.4 cm³/mol. The van der Waals surface area contributed by atoms with E-state index >= 15 is 0 Å². The van der Waals surface area contributed by atoms with E-state index in [0.717, 1.165) is 45.0 Å². The number of likely N-dealkylation sites (tertiary alicyclic amines) is 1. The second kappa shape index (κ2) is 9.18. The quantitative estimate of drug-likeness (QED) is 0.460. The number of amides is 1. The summed E-state index contributed by atoms with van der Waals surface area (Å²) >= 11 is 0. The van der Waals surface area contributed by atoms with Crippen LogP contribution in [-0.2, 0) is 11.3 Å². The average Bonchev–Trinajstić information content (AvgIpc) is 2.94. The van der Waals surface area contributed by atoms with Crippen molar-refractivity contribution in [3.63, 3.8) is 0 Å². The normalized spacial score (nSPS) is 15.1. The van der Waals surface area contributed by atoms with Gasteiger partial charge in [-0.3, -0.25) is 4.79 Å². The fraction of sp³-hybridized carbons (Fsp3) is 0.556. The summed E-state index contributed by atoms with van der Waals surface area (Å²) in [5, 5.41) is 6.61. The van der Waals surface area contributed by atoms with Crippen LogP contribution in [0.4, 0.5) is 0 Å². The third-order valence-corrected chi connectivity index (χ3v) is 3.92. The zero-order chi connectivity index (χ0) is 16.5. The van der Waals surface area contributed by atoms with Crippen molar-refractivity contribution in [1.82, 2.24) is 15.5 Å². The maximum atomic E-state index is 11.6.